The van der Waals surface area contributed by atoms with E-state index in [2.05, 4.69) is 4.90 Å². The summed E-state index contributed by atoms with van der Waals surface area (Å²) in [5.74, 6) is 2.90. The molecule has 3 aromatic carbocycles. The van der Waals surface area contributed by atoms with Crippen molar-refractivity contribution >= 4 is 5.97 Å². The van der Waals surface area contributed by atoms with Crippen molar-refractivity contribution in [3.8, 4) is 45.6 Å². The van der Waals surface area contributed by atoms with E-state index in [1.807, 2.05) is 37.4 Å². The molecule has 0 N–H and O–H groups in total. The van der Waals surface area contributed by atoms with Gasteiger partial charge in [0.1, 0.15) is 17.4 Å². The number of carbonyl (C=O) groups is 1. The van der Waals surface area contributed by atoms with Gasteiger partial charge < -0.3 is 33.2 Å². The van der Waals surface area contributed by atoms with Crippen LogP contribution >= 0.6 is 0 Å². The molecule has 9 nitrogen and oxygen atoms in total. The Morgan fingerprint density at radius 1 is 0.895 bits per heavy atom. The van der Waals surface area contributed by atoms with Crippen molar-refractivity contribution in [2.45, 2.75) is 18.6 Å². The Bertz CT molecular complexity index is 1430. The number of nitrogens with zero attached hydrogens (tertiary/aromatic N) is 1. The molecule has 0 bridgehead atoms. The van der Waals surface area contributed by atoms with Crippen molar-refractivity contribution in [3.05, 3.63) is 58.7 Å². The number of hydrogen-bond donors (Lipinski definition) is 0. The molecule has 0 saturated heterocycles. The number of fused-ring (bicyclic) bond motifs is 3. The Morgan fingerprint density at radius 2 is 1.68 bits per heavy atom. The van der Waals surface area contributed by atoms with Gasteiger partial charge in [0.2, 0.25) is 12.5 Å². The summed E-state index contributed by atoms with van der Waals surface area (Å²) in [5.41, 5.74) is 4.96. The third-order valence-corrected chi connectivity index (χ3v) is 7.57. The van der Waals surface area contributed by atoms with E-state index < -0.39 is 12.1 Å². The number of methoxy groups -OCH3 is 4. The number of ether oxygens (including phenoxy) is 7. The third-order valence-electron chi connectivity index (χ3n) is 7.57. The topological polar surface area (TPSA) is 84.9 Å². The van der Waals surface area contributed by atoms with Gasteiger partial charge in [0.15, 0.2) is 23.0 Å². The summed E-state index contributed by atoms with van der Waals surface area (Å²) in [7, 11) is 8.35. The zero-order valence-corrected chi connectivity index (χ0v) is 22.0. The van der Waals surface area contributed by atoms with Gasteiger partial charge in [-0.15, -0.1) is 0 Å². The molecule has 3 aromatic rings. The van der Waals surface area contributed by atoms with Crippen LogP contribution in [0.5, 0.6) is 34.5 Å². The number of cyclic esters (lactones) is 1. The fraction of sp³-hybridized carbons (Fsp3) is 0.345. The average molecular weight is 520 g/mol. The van der Waals surface area contributed by atoms with Gasteiger partial charge in [-0.2, -0.15) is 0 Å². The molecule has 3 aliphatic heterocycles. The molecule has 0 amide bonds. The summed E-state index contributed by atoms with van der Waals surface area (Å²) in [4.78, 5) is 15.4. The van der Waals surface area contributed by atoms with Gasteiger partial charge in [-0.05, 0) is 42.8 Å². The third kappa shape index (κ3) is 3.45. The zero-order chi connectivity index (χ0) is 26.6. The molecule has 3 aliphatic rings. The molecule has 0 fully saturated rings. The maximum atomic E-state index is 13.2. The van der Waals surface area contributed by atoms with Gasteiger partial charge in [0, 0.05) is 23.2 Å². The van der Waals surface area contributed by atoms with Crippen LogP contribution in [0.4, 0.5) is 0 Å². The molecule has 6 rings (SSSR count). The Morgan fingerprint density at radius 3 is 2.42 bits per heavy atom. The molecule has 9 heteroatoms. The summed E-state index contributed by atoms with van der Waals surface area (Å²) in [6, 6.07) is 11.2. The first kappa shape index (κ1) is 24.2. The first-order valence-corrected chi connectivity index (χ1v) is 12.3. The molecule has 198 valence electrons. The van der Waals surface area contributed by atoms with Crippen molar-refractivity contribution in [1.29, 1.82) is 0 Å². The summed E-state index contributed by atoms with van der Waals surface area (Å²) < 4.78 is 40.6. The van der Waals surface area contributed by atoms with Crippen LogP contribution in [-0.4, -0.2) is 59.7 Å². The largest absolute Gasteiger partial charge is 0.497 e. The Hall–Kier alpha value is -4.11. The fourth-order valence-corrected chi connectivity index (χ4v) is 5.92. The van der Waals surface area contributed by atoms with Crippen LogP contribution in [0.25, 0.3) is 11.1 Å². The Kier molecular flexibility index (Phi) is 5.95. The Labute approximate surface area is 220 Å². The number of carbonyl (C=O) groups excluding carboxylic acids is 1. The first-order chi connectivity index (χ1) is 18.5. The lowest BCUT2D eigenvalue weighted by molar-refractivity contribution is 0.00877. The van der Waals surface area contributed by atoms with E-state index in [0.29, 0.717) is 34.3 Å². The lowest BCUT2D eigenvalue weighted by atomic mass is 9.81. The molecule has 0 unspecified atom stereocenters. The van der Waals surface area contributed by atoms with Crippen LogP contribution < -0.4 is 28.4 Å². The van der Waals surface area contributed by atoms with Crippen molar-refractivity contribution < 1.29 is 38.0 Å². The summed E-state index contributed by atoms with van der Waals surface area (Å²) in [6.07, 6.45) is 0.134. The van der Waals surface area contributed by atoms with E-state index in [1.54, 1.807) is 27.4 Å². The first-order valence-electron chi connectivity index (χ1n) is 12.3. The molecular formula is C29H29NO8. The van der Waals surface area contributed by atoms with Gasteiger partial charge in [0.25, 0.3) is 0 Å². The average Bonchev–Trinajstić information content (AvgIpc) is 3.55. The smallest absolute Gasteiger partial charge is 0.343 e. The molecule has 0 radical (unpaired) electrons. The van der Waals surface area contributed by atoms with Crippen molar-refractivity contribution in [3.63, 3.8) is 0 Å². The maximum Gasteiger partial charge on any atom is 0.343 e. The molecule has 38 heavy (non-hydrogen) atoms. The van der Waals surface area contributed by atoms with Crippen LogP contribution in [0.15, 0.2) is 36.4 Å². The minimum atomic E-state index is -0.603. The van der Waals surface area contributed by atoms with E-state index in [4.69, 9.17) is 33.2 Å². The Balaban J connectivity index is 1.60. The van der Waals surface area contributed by atoms with Crippen LogP contribution in [0.1, 0.15) is 39.2 Å². The maximum absolute atomic E-state index is 13.2. The standard InChI is InChI=1S/C29H29NO8/c1-30-12-11-17-20(15-7-6-8-16(13-15)32-2)27-28(37-14-36-27)26(35-5)21(17)23(30)24-18-9-10-19(33-3)25(34-4)22(18)29(31)38-24/h6-10,13,23-24H,11-12,14H2,1-5H3/t23-,24+/m1/s1. The molecule has 0 aliphatic carbocycles. The van der Waals surface area contributed by atoms with Gasteiger partial charge in [-0.1, -0.05) is 18.2 Å². The number of benzene rings is 3. The molecule has 0 spiro atoms. The molecule has 2 atom stereocenters. The highest BCUT2D eigenvalue weighted by atomic mass is 16.7. The van der Waals surface area contributed by atoms with Gasteiger partial charge in [0.05, 0.1) is 34.5 Å². The zero-order valence-electron chi connectivity index (χ0n) is 22.0. The predicted octanol–water partition coefficient (Wildman–Crippen LogP) is 4.56. The van der Waals surface area contributed by atoms with Gasteiger partial charge >= 0.3 is 5.97 Å². The molecular weight excluding hydrogens is 490 g/mol. The van der Waals surface area contributed by atoms with E-state index in [-0.39, 0.29) is 12.8 Å². The minimum Gasteiger partial charge on any atom is -0.497 e. The second kappa shape index (κ2) is 9.33. The van der Waals surface area contributed by atoms with Crippen molar-refractivity contribution in [2.24, 2.45) is 0 Å². The second-order valence-electron chi connectivity index (χ2n) is 9.36. The van der Waals surface area contributed by atoms with Crippen LogP contribution in [0, 0.1) is 0 Å². The monoisotopic (exact) mass is 519 g/mol. The van der Waals surface area contributed by atoms with E-state index in [9.17, 15) is 4.79 Å². The lowest BCUT2D eigenvalue weighted by Gasteiger charge is -2.39. The molecule has 3 heterocycles. The molecule has 0 saturated carbocycles. The highest BCUT2D eigenvalue weighted by Gasteiger charge is 2.47. The SMILES string of the molecule is COc1cccc(-c2c3c(c(OC)c4c2OCO4)[C@H]([C@H]2OC(=O)c4c2ccc(OC)c4OC)N(C)CC3)c1. The normalized spacial score (nSPS) is 19.4. The number of likely N-dealkylation sites (N-methyl/N-ethyl adjacent to an activating group) is 1. The summed E-state index contributed by atoms with van der Waals surface area (Å²) >= 11 is 0. The van der Waals surface area contributed by atoms with Gasteiger partial charge in [-0.3, -0.25) is 4.90 Å². The number of hydrogen-bond acceptors (Lipinski definition) is 9. The highest BCUT2D eigenvalue weighted by Crippen LogP contribution is 2.59. The fourth-order valence-electron chi connectivity index (χ4n) is 5.92. The minimum absolute atomic E-state index is 0.0876. The van der Waals surface area contributed by atoms with E-state index >= 15 is 0 Å². The van der Waals surface area contributed by atoms with Crippen LogP contribution in [0.2, 0.25) is 0 Å². The van der Waals surface area contributed by atoms with Gasteiger partial charge in [-0.25, -0.2) is 4.79 Å². The summed E-state index contributed by atoms with van der Waals surface area (Å²) in [6.45, 7) is 0.818. The number of rotatable bonds is 6. The number of esters is 1. The highest BCUT2D eigenvalue weighted by molar-refractivity contribution is 5.98. The van der Waals surface area contributed by atoms with Crippen molar-refractivity contribution in [2.75, 3.05) is 48.8 Å². The molecule has 0 aromatic heterocycles. The van der Waals surface area contributed by atoms with E-state index in [0.717, 1.165) is 46.5 Å². The second-order valence-corrected chi connectivity index (χ2v) is 9.36. The van der Waals surface area contributed by atoms with Crippen molar-refractivity contribution in [1.82, 2.24) is 4.90 Å². The predicted molar refractivity (Wildman–Crippen MR) is 138 cm³/mol. The summed E-state index contributed by atoms with van der Waals surface area (Å²) in [5, 5.41) is 0. The van der Waals surface area contributed by atoms with Crippen LogP contribution in [0.3, 0.4) is 0 Å². The quantitative estimate of drug-likeness (QED) is 0.435. The lowest BCUT2D eigenvalue weighted by Crippen LogP contribution is -2.36. The van der Waals surface area contributed by atoms with E-state index in [1.165, 1.54) is 7.11 Å². The van der Waals surface area contributed by atoms with Crippen LogP contribution in [-0.2, 0) is 11.2 Å².